The maximum atomic E-state index is 13.0. The number of carbonyl (C=O) groups excluding carboxylic acids is 1. The molecule has 3 aliphatic rings. The molecule has 174 valence electrons. The molecule has 1 amide bonds. The van der Waals surface area contributed by atoms with E-state index in [0.29, 0.717) is 24.2 Å². The van der Waals surface area contributed by atoms with Crippen LogP contribution < -0.4 is 5.32 Å². The van der Waals surface area contributed by atoms with Crippen LogP contribution in [0.5, 0.6) is 0 Å². The largest absolute Gasteiger partial charge is 0.343 e. The molecule has 0 saturated carbocycles. The fourth-order valence-electron chi connectivity index (χ4n) is 5.65. The van der Waals surface area contributed by atoms with Gasteiger partial charge in [-0.15, -0.1) is 0 Å². The quantitative estimate of drug-likeness (QED) is 0.442. The zero-order valence-electron chi connectivity index (χ0n) is 18.5. The molecule has 33 heavy (non-hydrogen) atoms. The Morgan fingerprint density at radius 1 is 1.06 bits per heavy atom. The number of piperidine rings is 2. The van der Waals surface area contributed by atoms with E-state index in [4.69, 9.17) is 16.6 Å². The molecule has 0 radical (unpaired) electrons. The lowest BCUT2D eigenvalue weighted by Gasteiger charge is -2.37. The first-order valence-electron chi connectivity index (χ1n) is 11.8. The van der Waals surface area contributed by atoms with Crippen molar-refractivity contribution in [2.75, 3.05) is 26.2 Å². The smallest absolute Gasteiger partial charge is 0.222 e. The number of pyridine rings is 1. The average molecular weight is 594 g/mol. The Labute approximate surface area is 217 Å². The SMILES string of the molecule is O=C(CC1CCNCC1)N1CCC(C2c3ncc(Br)cc3C=Cc3cc(Cl)cc(Br)c32)CC1. The number of carbonyl (C=O) groups is 1. The lowest BCUT2D eigenvalue weighted by molar-refractivity contribution is -0.133. The number of aromatic nitrogens is 1. The van der Waals surface area contributed by atoms with Gasteiger partial charge in [0.05, 0.1) is 5.69 Å². The van der Waals surface area contributed by atoms with Gasteiger partial charge in [-0.3, -0.25) is 9.78 Å². The van der Waals surface area contributed by atoms with Gasteiger partial charge in [0, 0.05) is 45.6 Å². The molecule has 2 aliphatic heterocycles. The molecule has 1 unspecified atom stereocenters. The van der Waals surface area contributed by atoms with E-state index in [0.717, 1.165) is 82.7 Å². The maximum absolute atomic E-state index is 13.0. The van der Waals surface area contributed by atoms with E-state index < -0.39 is 0 Å². The topological polar surface area (TPSA) is 45.2 Å². The number of amides is 1. The lowest BCUT2D eigenvalue weighted by atomic mass is 9.76. The molecule has 1 N–H and O–H groups in total. The van der Waals surface area contributed by atoms with Crippen LogP contribution in [0, 0.1) is 11.8 Å². The maximum Gasteiger partial charge on any atom is 0.222 e. The minimum Gasteiger partial charge on any atom is -0.343 e. The highest BCUT2D eigenvalue weighted by molar-refractivity contribution is 9.10. The summed E-state index contributed by atoms with van der Waals surface area (Å²) in [6.07, 6.45) is 11.1. The minimum absolute atomic E-state index is 0.159. The first kappa shape index (κ1) is 23.5. The Bertz CT molecular complexity index is 1080. The molecule has 7 heteroatoms. The third-order valence-corrected chi connectivity index (χ3v) is 8.68. The summed E-state index contributed by atoms with van der Waals surface area (Å²) in [5.41, 5.74) is 4.63. The van der Waals surface area contributed by atoms with E-state index in [1.54, 1.807) is 0 Å². The van der Waals surface area contributed by atoms with Crippen LogP contribution in [0.2, 0.25) is 5.02 Å². The van der Waals surface area contributed by atoms with Crippen molar-refractivity contribution in [3.05, 3.63) is 60.7 Å². The summed E-state index contributed by atoms with van der Waals surface area (Å²) in [4.78, 5) is 20.0. The Balaban J connectivity index is 1.39. The lowest BCUT2D eigenvalue weighted by Crippen LogP contribution is -2.41. The number of likely N-dealkylation sites (tertiary alicyclic amines) is 1. The highest BCUT2D eigenvalue weighted by Crippen LogP contribution is 2.46. The van der Waals surface area contributed by atoms with Gasteiger partial charge in [-0.2, -0.15) is 0 Å². The molecule has 4 nitrogen and oxygen atoms in total. The molecule has 0 spiro atoms. The van der Waals surface area contributed by atoms with Gasteiger partial charge in [0.1, 0.15) is 0 Å². The number of hydrogen-bond donors (Lipinski definition) is 1. The van der Waals surface area contributed by atoms with Crippen LogP contribution in [0.15, 0.2) is 33.3 Å². The number of benzene rings is 1. The molecule has 3 heterocycles. The summed E-state index contributed by atoms with van der Waals surface area (Å²) in [6.45, 7) is 3.72. The molecule has 1 aromatic carbocycles. The van der Waals surface area contributed by atoms with E-state index in [-0.39, 0.29) is 5.92 Å². The predicted molar refractivity (Wildman–Crippen MR) is 141 cm³/mol. The Morgan fingerprint density at radius 3 is 2.55 bits per heavy atom. The molecule has 2 aromatic rings. The molecular formula is C26H28Br2ClN3O. The summed E-state index contributed by atoms with van der Waals surface area (Å²) in [7, 11) is 0. The summed E-state index contributed by atoms with van der Waals surface area (Å²) >= 11 is 13.8. The van der Waals surface area contributed by atoms with Crippen LogP contribution >= 0.6 is 43.5 Å². The van der Waals surface area contributed by atoms with Gasteiger partial charge < -0.3 is 10.2 Å². The van der Waals surface area contributed by atoms with Crippen molar-refractivity contribution in [2.45, 2.75) is 38.0 Å². The van der Waals surface area contributed by atoms with Gasteiger partial charge in [0.25, 0.3) is 0 Å². The Kier molecular flexibility index (Phi) is 7.26. The van der Waals surface area contributed by atoms with Crippen LogP contribution in [0.4, 0.5) is 0 Å². The normalized spacial score (nSPS) is 21.4. The number of rotatable bonds is 3. The van der Waals surface area contributed by atoms with Crippen LogP contribution in [0.1, 0.15) is 60.4 Å². The molecule has 1 atom stereocenters. The summed E-state index contributed by atoms with van der Waals surface area (Å²) in [5, 5.41) is 4.12. The van der Waals surface area contributed by atoms with Crippen molar-refractivity contribution in [3.63, 3.8) is 0 Å². The van der Waals surface area contributed by atoms with Crippen molar-refractivity contribution < 1.29 is 4.79 Å². The molecule has 1 aliphatic carbocycles. The van der Waals surface area contributed by atoms with E-state index in [1.165, 1.54) is 5.56 Å². The summed E-state index contributed by atoms with van der Waals surface area (Å²) in [5.74, 6) is 1.44. The van der Waals surface area contributed by atoms with Gasteiger partial charge in [0.15, 0.2) is 0 Å². The third-order valence-electron chi connectivity index (χ3n) is 7.38. The Morgan fingerprint density at radius 2 is 1.79 bits per heavy atom. The highest BCUT2D eigenvalue weighted by Gasteiger charge is 2.35. The van der Waals surface area contributed by atoms with Gasteiger partial charge >= 0.3 is 0 Å². The van der Waals surface area contributed by atoms with Gasteiger partial charge in [-0.1, -0.05) is 39.7 Å². The standard InChI is InChI=1S/C26H28Br2ClN3O/c27-20-12-19-2-1-18-13-21(29)14-22(28)24(18)25(26(19)31-15-20)17-5-9-32(10-6-17)23(33)11-16-3-7-30-8-4-16/h1-2,12-17,25,30H,3-11H2. The molecule has 2 fully saturated rings. The van der Waals surface area contributed by atoms with Crippen molar-refractivity contribution in [1.29, 1.82) is 0 Å². The second-order valence-corrected chi connectivity index (χ2v) is 11.7. The van der Waals surface area contributed by atoms with Gasteiger partial charge in [-0.05, 0) is 101 Å². The first-order chi connectivity index (χ1) is 16.0. The molecule has 1 aromatic heterocycles. The predicted octanol–water partition coefficient (Wildman–Crippen LogP) is 6.50. The molecular weight excluding hydrogens is 566 g/mol. The highest BCUT2D eigenvalue weighted by atomic mass is 79.9. The average Bonchev–Trinajstić information content (AvgIpc) is 2.96. The van der Waals surface area contributed by atoms with Crippen LogP contribution in [0.25, 0.3) is 12.2 Å². The van der Waals surface area contributed by atoms with Crippen molar-refractivity contribution in [2.24, 2.45) is 11.8 Å². The van der Waals surface area contributed by atoms with Gasteiger partial charge in [0.2, 0.25) is 5.91 Å². The first-order valence-corrected chi connectivity index (χ1v) is 13.8. The zero-order valence-corrected chi connectivity index (χ0v) is 22.4. The number of halogens is 3. The fraction of sp³-hybridized carbons (Fsp3) is 0.462. The van der Waals surface area contributed by atoms with E-state index in [2.05, 4.69) is 60.3 Å². The molecule has 2 saturated heterocycles. The molecule has 0 bridgehead atoms. The summed E-state index contributed by atoms with van der Waals surface area (Å²) in [6, 6.07) is 6.18. The Hall–Kier alpha value is -1.21. The zero-order chi connectivity index (χ0) is 22.9. The van der Waals surface area contributed by atoms with Crippen LogP contribution in [-0.2, 0) is 4.79 Å². The third kappa shape index (κ3) is 5.09. The van der Waals surface area contributed by atoms with Crippen molar-refractivity contribution in [3.8, 4) is 0 Å². The fourth-order valence-corrected chi connectivity index (χ4v) is 7.08. The number of hydrogen-bond acceptors (Lipinski definition) is 3. The van der Waals surface area contributed by atoms with E-state index >= 15 is 0 Å². The minimum atomic E-state index is 0.159. The van der Waals surface area contributed by atoms with E-state index in [1.807, 2.05) is 18.3 Å². The monoisotopic (exact) mass is 591 g/mol. The van der Waals surface area contributed by atoms with E-state index in [9.17, 15) is 4.79 Å². The number of fused-ring (bicyclic) bond motifs is 2. The van der Waals surface area contributed by atoms with Crippen molar-refractivity contribution >= 4 is 61.5 Å². The van der Waals surface area contributed by atoms with Crippen LogP contribution in [-0.4, -0.2) is 42.0 Å². The van der Waals surface area contributed by atoms with Crippen molar-refractivity contribution in [1.82, 2.24) is 15.2 Å². The molecule has 5 rings (SSSR count). The summed E-state index contributed by atoms with van der Waals surface area (Å²) < 4.78 is 2.01. The van der Waals surface area contributed by atoms with Crippen LogP contribution in [0.3, 0.4) is 0 Å². The van der Waals surface area contributed by atoms with Gasteiger partial charge in [-0.25, -0.2) is 0 Å². The second-order valence-electron chi connectivity index (χ2n) is 9.45. The second kappa shape index (κ2) is 10.2. The number of nitrogens with zero attached hydrogens (tertiary/aromatic N) is 2. The number of nitrogens with one attached hydrogen (secondary N) is 1.